The van der Waals surface area contributed by atoms with Crippen molar-refractivity contribution in [2.24, 2.45) is 5.92 Å². The van der Waals surface area contributed by atoms with E-state index in [-0.39, 0.29) is 0 Å². The molecule has 27 heavy (non-hydrogen) atoms. The molecule has 2 nitrogen and oxygen atoms in total. The first kappa shape index (κ1) is 22.0. The molecule has 148 valence electrons. The van der Waals surface area contributed by atoms with Crippen LogP contribution in [0.15, 0.2) is 59.5 Å². The Labute approximate surface area is 170 Å². The van der Waals surface area contributed by atoms with Gasteiger partial charge in [0.25, 0.3) is 0 Å². The average Bonchev–Trinajstić information content (AvgIpc) is 2.69. The van der Waals surface area contributed by atoms with Gasteiger partial charge in [0.1, 0.15) is 5.60 Å². The second-order valence-corrected chi connectivity index (χ2v) is 8.73. The van der Waals surface area contributed by atoms with Crippen molar-refractivity contribution in [2.45, 2.75) is 51.0 Å². The standard InChI is InChI=1S/C24H35NOS/c1-5-25(6-2)18-17-24(26,21-10-8-7-9-11-21)22-12-14-23(15-13-22)27-19-16-20(3)4/h7-15,20,26H,5-6,16-19H2,1-4H3. The molecular weight excluding hydrogens is 350 g/mol. The highest BCUT2D eigenvalue weighted by atomic mass is 32.2. The second kappa shape index (κ2) is 10.9. The van der Waals surface area contributed by atoms with Gasteiger partial charge in [-0.2, -0.15) is 0 Å². The molecule has 0 spiro atoms. The van der Waals surface area contributed by atoms with Gasteiger partial charge in [0, 0.05) is 11.4 Å². The highest BCUT2D eigenvalue weighted by molar-refractivity contribution is 7.99. The molecule has 0 saturated heterocycles. The van der Waals surface area contributed by atoms with Gasteiger partial charge in [-0.15, -0.1) is 11.8 Å². The zero-order valence-electron chi connectivity index (χ0n) is 17.3. The third kappa shape index (κ3) is 6.38. The van der Waals surface area contributed by atoms with E-state index in [1.54, 1.807) is 0 Å². The van der Waals surface area contributed by atoms with E-state index >= 15 is 0 Å². The average molecular weight is 386 g/mol. The van der Waals surface area contributed by atoms with Crippen molar-refractivity contribution < 1.29 is 5.11 Å². The predicted molar refractivity (Wildman–Crippen MR) is 118 cm³/mol. The number of rotatable bonds is 11. The maximum absolute atomic E-state index is 11.7. The zero-order chi connectivity index (χ0) is 19.7. The minimum atomic E-state index is -0.953. The van der Waals surface area contributed by atoms with Crippen LogP contribution in [-0.2, 0) is 5.60 Å². The smallest absolute Gasteiger partial charge is 0.116 e. The summed E-state index contributed by atoms with van der Waals surface area (Å²) in [5.41, 5.74) is 0.997. The third-order valence-corrected chi connectivity index (χ3v) is 6.28. The van der Waals surface area contributed by atoms with E-state index in [0.717, 1.165) is 42.4 Å². The Balaban J connectivity index is 2.20. The normalized spacial score (nSPS) is 13.9. The number of hydrogen-bond donors (Lipinski definition) is 1. The van der Waals surface area contributed by atoms with E-state index in [2.05, 4.69) is 56.9 Å². The van der Waals surface area contributed by atoms with Crippen LogP contribution in [0.2, 0.25) is 0 Å². The summed E-state index contributed by atoms with van der Waals surface area (Å²) in [4.78, 5) is 3.64. The molecule has 1 atom stereocenters. The Kier molecular flexibility index (Phi) is 8.88. The zero-order valence-corrected chi connectivity index (χ0v) is 18.1. The van der Waals surface area contributed by atoms with Crippen LogP contribution < -0.4 is 0 Å². The molecule has 0 aliphatic rings. The number of hydrogen-bond acceptors (Lipinski definition) is 3. The minimum Gasteiger partial charge on any atom is -0.380 e. The van der Waals surface area contributed by atoms with E-state index in [9.17, 15) is 5.11 Å². The molecule has 0 aliphatic heterocycles. The number of thioether (sulfide) groups is 1. The molecule has 1 unspecified atom stereocenters. The topological polar surface area (TPSA) is 23.5 Å². The lowest BCUT2D eigenvalue weighted by Gasteiger charge is -2.32. The molecule has 0 aliphatic carbocycles. The third-order valence-electron chi connectivity index (χ3n) is 5.23. The Morgan fingerprint density at radius 3 is 2.07 bits per heavy atom. The van der Waals surface area contributed by atoms with Crippen molar-refractivity contribution in [3.8, 4) is 0 Å². The summed E-state index contributed by atoms with van der Waals surface area (Å²) in [7, 11) is 0. The van der Waals surface area contributed by atoms with Crippen molar-refractivity contribution in [3.05, 3.63) is 65.7 Å². The lowest BCUT2D eigenvalue weighted by molar-refractivity contribution is 0.0586. The summed E-state index contributed by atoms with van der Waals surface area (Å²) >= 11 is 1.90. The molecule has 0 aromatic heterocycles. The molecule has 0 fully saturated rings. The minimum absolute atomic E-state index is 0.693. The summed E-state index contributed by atoms with van der Waals surface area (Å²) < 4.78 is 0. The fourth-order valence-corrected chi connectivity index (χ4v) is 4.42. The van der Waals surface area contributed by atoms with Gasteiger partial charge in [0.2, 0.25) is 0 Å². The molecule has 0 radical (unpaired) electrons. The largest absolute Gasteiger partial charge is 0.380 e. The Bertz CT molecular complexity index is 652. The van der Waals surface area contributed by atoms with Gasteiger partial charge in [0.05, 0.1) is 0 Å². The summed E-state index contributed by atoms with van der Waals surface area (Å²) in [6.07, 6.45) is 1.92. The van der Waals surface area contributed by atoms with Crippen molar-refractivity contribution in [2.75, 3.05) is 25.4 Å². The molecule has 1 N–H and O–H groups in total. The summed E-state index contributed by atoms with van der Waals surface area (Å²) in [5.74, 6) is 1.88. The molecule has 0 heterocycles. The molecule has 0 bridgehead atoms. The van der Waals surface area contributed by atoms with Gasteiger partial charge in [-0.25, -0.2) is 0 Å². The van der Waals surface area contributed by atoms with Crippen molar-refractivity contribution in [3.63, 3.8) is 0 Å². The number of aliphatic hydroxyl groups is 1. The molecule has 0 amide bonds. The quantitative estimate of drug-likeness (QED) is 0.495. The van der Waals surface area contributed by atoms with Gasteiger partial charge in [-0.1, -0.05) is 70.2 Å². The van der Waals surface area contributed by atoms with Crippen LogP contribution in [0.25, 0.3) is 0 Å². The fraction of sp³-hybridized carbons (Fsp3) is 0.500. The summed E-state index contributed by atoms with van der Waals surface area (Å²) in [6.45, 7) is 11.8. The molecule has 0 saturated carbocycles. The van der Waals surface area contributed by atoms with Gasteiger partial charge >= 0.3 is 0 Å². The van der Waals surface area contributed by atoms with Crippen LogP contribution in [0, 0.1) is 5.92 Å². The van der Waals surface area contributed by atoms with Crippen LogP contribution in [0.3, 0.4) is 0 Å². The lowest BCUT2D eigenvalue weighted by atomic mass is 9.83. The maximum atomic E-state index is 11.7. The SMILES string of the molecule is CCN(CC)CCC(O)(c1ccccc1)c1ccc(SCCC(C)C)cc1. The van der Waals surface area contributed by atoms with Crippen LogP contribution >= 0.6 is 11.8 Å². The summed E-state index contributed by atoms with van der Waals surface area (Å²) in [6, 6.07) is 18.6. The van der Waals surface area contributed by atoms with E-state index < -0.39 is 5.60 Å². The monoisotopic (exact) mass is 385 g/mol. The first-order chi connectivity index (χ1) is 13.0. The van der Waals surface area contributed by atoms with Crippen LogP contribution in [0.4, 0.5) is 0 Å². The lowest BCUT2D eigenvalue weighted by Crippen LogP contribution is -2.34. The van der Waals surface area contributed by atoms with Gasteiger partial charge in [-0.05, 0) is 60.9 Å². The summed E-state index contributed by atoms with van der Waals surface area (Å²) in [5, 5.41) is 11.7. The molecule has 2 rings (SSSR count). The number of nitrogens with zero attached hydrogens (tertiary/aromatic N) is 1. The first-order valence-corrected chi connectivity index (χ1v) is 11.2. The van der Waals surface area contributed by atoms with Gasteiger partial charge < -0.3 is 10.0 Å². The van der Waals surface area contributed by atoms with Crippen LogP contribution in [0.5, 0.6) is 0 Å². The Morgan fingerprint density at radius 1 is 0.926 bits per heavy atom. The van der Waals surface area contributed by atoms with E-state index in [0.29, 0.717) is 6.42 Å². The van der Waals surface area contributed by atoms with Crippen molar-refractivity contribution in [1.82, 2.24) is 4.90 Å². The van der Waals surface area contributed by atoms with E-state index in [1.807, 2.05) is 42.1 Å². The molecule has 2 aromatic carbocycles. The van der Waals surface area contributed by atoms with Crippen molar-refractivity contribution >= 4 is 11.8 Å². The molecule has 3 heteroatoms. The second-order valence-electron chi connectivity index (χ2n) is 7.56. The van der Waals surface area contributed by atoms with Crippen molar-refractivity contribution in [1.29, 1.82) is 0 Å². The molecule has 2 aromatic rings. The fourth-order valence-electron chi connectivity index (χ4n) is 3.27. The van der Waals surface area contributed by atoms with Gasteiger partial charge in [0.15, 0.2) is 0 Å². The van der Waals surface area contributed by atoms with Gasteiger partial charge in [-0.3, -0.25) is 0 Å². The maximum Gasteiger partial charge on any atom is 0.116 e. The Morgan fingerprint density at radius 2 is 1.52 bits per heavy atom. The van der Waals surface area contributed by atoms with E-state index in [1.165, 1.54) is 11.3 Å². The first-order valence-electron chi connectivity index (χ1n) is 10.2. The highest BCUT2D eigenvalue weighted by Crippen LogP contribution is 2.34. The number of benzene rings is 2. The molecular formula is C24H35NOS. The predicted octanol–water partition coefficient (Wildman–Crippen LogP) is 5.79. The van der Waals surface area contributed by atoms with Crippen LogP contribution in [0.1, 0.15) is 51.7 Å². The highest BCUT2D eigenvalue weighted by Gasteiger charge is 2.31. The van der Waals surface area contributed by atoms with Crippen LogP contribution in [-0.4, -0.2) is 35.4 Å². The van der Waals surface area contributed by atoms with E-state index in [4.69, 9.17) is 0 Å². The Hall–Kier alpha value is -1.29.